The number of nitrogens with two attached hydrogens (primary N) is 1. The average Bonchev–Trinajstić information content (AvgIpc) is 2.68. The number of sulfonamides is 1. The van der Waals surface area contributed by atoms with Crippen molar-refractivity contribution in [1.82, 2.24) is 4.31 Å². The van der Waals surface area contributed by atoms with Crippen LogP contribution in [0.25, 0.3) is 0 Å². The molecule has 1 fully saturated rings. The average molecular weight is 282 g/mol. The normalized spacial score (nSPS) is 24.8. The largest absolute Gasteiger partial charge is 0.326 e. The molecule has 0 saturated carbocycles. The first-order valence-corrected chi connectivity index (χ1v) is 8.11. The first-order chi connectivity index (χ1) is 8.86. The highest BCUT2D eigenvalue weighted by Crippen LogP contribution is 2.30. The van der Waals surface area contributed by atoms with Gasteiger partial charge in [0.25, 0.3) is 0 Å². The van der Waals surface area contributed by atoms with Crippen molar-refractivity contribution in [3.63, 3.8) is 0 Å². The van der Waals surface area contributed by atoms with Gasteiger partial charge in [0.1, 0.15) is 0 Å². The molecule has 1 saturated heterocycles. The topological polar surface area (TPSA) is 63.4 Å². The van der Waals surface area contributed by atoms with E-state index in [0.717, 1.165) is 17.5 Å². The second-order valence-electron chi connectivity index (χ2n) is 5.57. The number of aryl methyl sites for hydroxylation is 1. The molecule has 2 atom stereocenters. The first kappa shape index (κ1) is 14.5. The molecule has 0 aliphatic carbocycles. The Balaban J connectivity index is 2.40. The van der Waals surface area contributed by atoms with Crippen LogP contribution in [0.5, 0.6) is 0 Å². The predicted octanol–water partition coefficient (Wildman–Crippen LogP) is 1.87. The van der Waals surface area contributed by atoms with Crippen LogP contribution in [-0.2, 0) is 16.6 Å². The molecule has 5 heteroatoms. The van der Waals surface area contributed by atoms with Gasteiger partial charge in [-0.2, -0.15) is 4.31 Å². The monoisotopic (exact) mass is 282 g/mol. The minimum absolute atomic E-state index is 0.0774. The van der Waals surface area contributed by atoms with E-state index in [9.17, 15) is 8.42 Å². The third kappa shape index (κ3) is 2.68. The van der Waals surface area contributed by atoms with Crippen LogP contribution in [0.2, 0.25) is 0 Å². The van der Waals surface area contributed by atoms with Gasteiger partial charge in [0.2, 0.25) is 10.0 Å². The van der Waals surface area contributed by atoms with Gasteiger partial charge in [0, 0.05) is 19.1 Å². The Morgan fingerprint density at radius 2 is 2.05 bits per heavy atom. The van der Waals surface area contributed by atoms with Crippen LogP contribution in [0.15, 0.2) is 23.1 Å². The molecule has 0 radical (unpaired) electrons. The lowest BCUT2D eigenvalue weighted by Crippen LogP contribution is -2.34. The molecule has 106 valence electrons. The van der Waals surface area contributed by atoms with Crippen molar-refractivity contribution < 1.29 is 8.42 Å². The maximum atomic E-state index is 12.7. The summed E-state index contributed by atoms with van der Waals surface area (Å²) < 4.78 is 27.0. The summed E-state index contributed by atoms with van der Waals surface area (Å²) in [7, 11) is -3.38. The Bertz CT molecular complexity index is 569. The maximum Gasteiger partial charge on any atom is 0.243 e. The van der Waals surface area contributed by atoms with E-state index in [2.05, 4.69) is 6.92 Å². The van der Waals surface area contributed by atoms with Gasteiger partial charge in [-0.15, -0.1) is 0 Å². The lowest BCUT2D eigenvalue weighted by Gasteiger charge is -2.22. The molecule has 2 N–H and O–H groups in total. The lowest BCUT2D eigenvalue weighted by molar-refractivity contribution is 0.405. The van der Waals surface area contributed by atoms with E-state index in [1.165, 1.54) is 0 Å². The summed E-state index contributed by atoms with van der Waals surface area (Å²) in [5.74, 6) is 0.424. The quantitative estimate of drug-likeness (QED) is 0.920. The minimum Gasteiger partial charge on any atom is -0.326 e. The highest BCUT2D eigenvalue weighted by Gasteiger charge is 2.36. The Morgan fingerprint density at radius 3 is 2.53 bits per heavy atom. The highest BCUT2D eigenvalue weighted by atomic mass is 32.2. The third-order valence-electron chi connectivity index (χ3n) is 3.79. The van der Waals surface area contributed by atoms with Crippen molar-refractivity contribution in [2.75, 3.05) is 6.54 Å². The molecule has 0 aromatic heterocycles. The van der Waals surface area contributed by atoms with Gasteiger partial charge in [-0.25, -0.2) is 8.42 Å². The molecule has 2 rings (SSSR count). The molecule has 2 unspecified atom stereocenters. The van der Waals surface area contributed by atoms with Crippen molar-refractivity contribution in [3.8, 4) is 0 Å². The summed E-state index contributed by atoms with van der Waals surface area (Å²) >= 11 is 0. The fraction of sp³-hybridized carbons (Fsp3) is 0.571. The van der Waals surface area contributed by atoms with E-state index in [0.29, 0.717) is 23.9 Å². The van der Waals surface area contributed by atoms with Gasteiger partial charge in [-0.05, 0) is 43.4 Å². The molecule has 1 aromatic carbocycles. The third-order valence-corrected chi connectivity index (χ3v) is 5.93. The van der Waals surface area contributed by atoms with Crippen LogP contribution in [0.1, 0.15) is 31.4 Å². The van der Waals surface area contributed by atoms with Gasteiger partial charge < -0.3 is 5.73 Å². The second kappa shape index (κ2) is 5.23. The van der Waals surface area contributed by atoms with Crippen LogP contribution >= 0.6 is 0 Å². The van der Waals surface area contributed by atoms with Crippen molar-refractivity contribution in [2.24, 2.45) is 11.7 Å². The fourth-order valence-corrected chi connectivity index (χ4v) is 4.82. The summed E-state index contributed by atoms with van der Waals surface area (Å²) in [6.07, 6.45) is 0.930. The smallest absolute Gasteiger partial charge is 0.243 e. The van der Waals surface area contributed by atoms with E-state index in [1.807, 2.05) is 19.9 Å². The Kier molecular flexibility index (Phi) is 3.99. The number of rotatable bonds is 3. The summed E-state index contributed by atoms with van der Waals surface area (Å²) in [5, 5.41) is 0. The fourth-order valence-electron chi connectivity index (χ4n) is 2.85. The molecule has 0 spiro atoms. The molecule has 1 aliphatic heterocycles. The summed E-state index contributed by atoms with van der Waals surface area (Å²) in [6, 6.07) is 5.41. The SMILES string of the molecule is Cc1cc(CN)ccc1S(=O)(=O)N1CC(C)CC1C. The summed E-state index contributed by atoms with van der Waals surface area (Å²) in [5.41, 5.74) is 7.31. The van der Waals surface area contributed by atoms with Crippen LogP contribution < -0.4 is 5.73 Å². The Labute approximate surface area is 115 Å². The van der Waals surface area contributed by atoms with E-state index < -0.39 is 10.0 Å². The van der Waals surface area contributed by atoms with Gasteiger partial charge in [-0.3, -0.25) is 0 Å². The second-order valence-corrected chi connectivity index (χ2v) is 7.43. The van der Waals surface area contributed by atoms with Crippen molar-refractivity contribution in [2.45, 2.75) is 44.7 Å². The molecular formula is C14H22N2O2S. The molecule has 1 aliphatic rings. The van der Waals surface area contributed by atoms with Crippen LogP contribution in [0, 0.1) is 12.8 Å². The zero-order valence-electron chi connectivity index (χ0n) is 11.8. The zero-order valence-corrected chi connectivity index (χ0v) is 12.6. The van der Waals surface area contributed by atoms with E-state index >= 15 is 0 Å². The lowest BCUT2D eigenvalue weighted by atomic mass is 10.1. The Morgan fingerprint density at radius 1 is 1.37 bits per heavy atom. The van der Waals surface area contributed by atoms with Crippen LogP contribution in [0.4, 0.5) is 0 Å². The van der Waals surface area contributed by atoms with E-state index in [-0.39, 0.29) is 6.04 Å². The molecule has 1 aromatic rings. The van der Waals surface area contributed by atoms with Crippen LogP contribution in [-0.4, -0.2) is 25.3 Å². The molecular weight excluding hydrogens is 260 g/mol. The van der Waals surface area contributed by atoms with Gasteiger partial charge in [0.05, 0.1) is 4.90 Å². The van der Waals surface area contributed by atoms with Crippen molar-refractivity contribution in [1.29, 1.82) is 0 Å². The highest BCUT2D eigenvalue weighted by molar-refractivity contribution is 7.89. The van der Waals surface area contributed by atoms with Crippen molar-refractivity contribution >= 4 is 10.0 Å². The van der Waals surface area contributed by atoms with Crippen LogP contribution in [0.3, 0.4) is 0 Å². The van der Waals surface area contributed by atoms with Gasteiger partial charge in [0.15, 0.2) is 0 Å². The molecule has 0 amide bonds. The molecule has 0 bridgehead atoms. The standard InChI is InChI=1S/C14H22N2O2S/c1-10-6-12(3)16(9-10)19(17,18)14-5-4-13(8-15)7-11(14)2/h4-5,7,10,12H,6,8-9,15H2,1-3H3. The number of nitrogens with zero attached hydrogens (tertiary/aromatic N) is 1. The van der Waals surface area contributed by atoms with Gasteiger partial charge >= 0.3 is 0 Å². The number of hydrogen-bond donors (Lipinski definition) is 1. The number of benzene rings is 1. The van der Waals surface area contributed by atoms with Gasteiger partial charge in [-0.1, -0.05) is 19.1 Å². The molecule has 1 heterocycles. The van der Waals surface area contributed by atoms with E-state index in [1.54, 1.807) is 16.4 Å². The minimum atomic E-state index is -3.38. The zero-order chi connectivity index (χ0) is 14.2. The number of hydrogen-bond acceptors (Lipinski definition) is 3. The molecule has 4 nitrogen and oxygen atoms in total. The summed E-state index contributed by atoms with van der Waals surface area (Å²) in [6.45, 7) is 6.94. The van der Waals surface area contributed by atoms with E-state index in [4.69, 9.17) is 5.73 Å². The van der Waals surface area contributed by atoms with Crippen molar-refractivity contribution in [3.05, 3.63) is 29.3 Å². The Hall–Kier alpha value is -0.910. The summed E-state index contributed by atoms with van der Waals surface area (Å²) in [4.78, 5) is 0.408. The first-order valence-electron chi connectivity index (χ1n) is 6.67. The maximum absolute atomic E-state index is 12.7. The molecule has 19 heavy (non-hydrogen) atoms. The predicted molar refractivity (Wildman–Crippen MR) is 76.2 cm³/mol.